The van der Waals surface area contributed by atoms with Crippen molar-refractivity contribution in [3.63, 3.8) is 0 Å². The number of benzene rings is 3. The van der Waals surface area contributed by atoms with Crippen molar-refractivity contribution < 1.29 is 14.3 Å². The zero-order chi connectivity index (χ0) is 22.9. The van der Waals surface area contributed by atoms with E-state index in [1.807, 2.05) is 62.4 Å². The van der Waals surface area contributed by atoms with Gasteiger partial charge < -0.3 is 14.6 Å². The van der Waals surface area contributed by atoms with Gasteiger partial charge in [0.25, 0.3) is 5.91 Å². The number of H-pyrrole nitrogens is 1. The Morgan fingerprint density at radius 3 is 2.67 bits per heavy atom. The van der Waals surface area contributed by atoms with Gasteiger partial charge in [0, 0.05) is 17.8 Å². The predicted molar refractivity (Wildman–Crippen MR) is 128 cm³/mol. The third kappa shape index (κ3) is 4.00. The minimum absolute atomic E-state index is 0.180. The van der Waals surface area contributed by atoms with E-state index in [-0.39, 0.29) is 5.91 Å². The van der Waals surface area contributed by atoms with E-state index in [9.17, 15) is 9.59 Å². The standard InChI is InChI=1S/C27H25N3O3/c1-3-24(26(31)30-15-14-18-6-4-5-7-23(18)30)33-27(32)20-12-13-21-22(16-20)29-25(28-21)19-10-8-17(2)9-11-19/h4-13,16,24H,3,14-15H2,1-2H3,(H,28,29). The summed E-state index contributed by atoms with van der Waals surface area (Å²) in [7, 11) is 0. The van der Waals surface area contributed by atoms with E-state index in [2.05, 4.69) is 9.97 Å². The number of aryl methyl sites for hydroxylation is 1. The summed E-state index contributed by atoms with van der Waals surface area (Å²) in [4.78, 5) is 35.7. The fraction of sp³-hybridized carbons (Fsp3) is 0.222. The fourth-order valence-electron chi connectivity index (χ4n) is 4.23. The number of hydrogen-bond donors (Lipinski definition) is 1. The van der Waals surface area contributed by atoms with Gasteiger partial charge in [-0.2, -0.15) is 0 Å². The lowest BCUT2D eigenvalue weighted by molar-refractivity contribution is -0.127. The first-order valence-electron chi connectivity index (χ1n) is 11.2. The molecule has 6 heteroatoms. The Balaban J connectivity index is 1.34. The number of rotatable bonds is 5. The second kappa shape index (κ2) is 8.54. The predicted octanol–water partition coefficient (Wildman–Crippen LogP) is 5.06. The van der Waals surface area contributed by atoms with E-state index >= 15 is 0 Å². The van der Waals surface area contributed by atoms with Crippen molar-refractivity contribution in [2.24, 2.45) is 0 Å². The highest BCUT2D eigenvalue weighted by Crippen LogP contribution is 2.29. The molecule has 1 atom stereocenters. The first kappa shape index (κ1) is 20.9. The number of nitrogens with one attached hydrogen (secondary N) is 1. The second-order valence-electron chi connectivity index (χ2n) is 8.35. The van der Waals surface area contributed by atoms with Gasteiger partial charge in [0.2, 0.25) is 0 Å². The van der Waals surface area contributed by atoms with Crippen molar-refractivity contribution in [1.82, 2.24) is 9.97 Å². The molecule has 0 radical (unpaired) electrons. The van der Waals surface area contributed by atoms with E-state index in [4.69, 9.17) is 4.74 Å². The van der Waals surface area contributed by atoms with Crippen molar-refractivity contribution in [3.05, 3.63) is 83.4 Å². The molecular weight excluding hydrogens is 414 g/mol. The van der Waals surface area contributed by atoms with Gasteiger partial charge in [0.05, 0.1) is 16.6 Å². The topological polar surface area (TPSA) is 75.3 Å². The first-order chi connectivity index (χ1) is 16.0. The zero-order valence-corrected chi connectivity index (χ0v) is 18.7. The Morgan fingerprint density at radius 2 is 1.88 bits per heavy atom. The largest absolute Gasteiger partial charge is 0.449 e. The Kier molecular flexibility index (Phi) is 5.42. The average molecular weight is 440 g/mol. The normalized spacial score (nSPS) is 13.7. The summed E-state index contributed by atoms with van der Waals surface area (Å²) in [5.74, 6) is 0.0426. The highest BCUT2D eigenvalue weighted by Gasteiger charge is 2.31. The van der Waals surface area contributed by atoms with Gasteiger partial charge in [-0.25, -0.2) is 9.78 Å². The lowest BCUT2D eigenvalue weighted by Crippen LogP contribution is -2.40. The molecule has 1 N–H and O–H groups in total. The van der Waals surface area contributed by atoms with Crippen molar-refractivity contribution in [2.45, 2.75) is 32.8 Å². The summed E-state index contributed by atoms with van der Waals surface area (Å²) in [5, 5.41) is 0. The van der Waals surface area contributed by atoms with Gasteiger partial charge in [0.15, 0.2) is 6.10 Å². The molecule has 0 saturated carbocycles. The van der Waals surface area contributed by atoms with Crippen LogP contribution in [0.2, 0.25) is 0 Å². The second-order valence-corrected chi connectivity index (χ2v) is 8.35. The third-order valence-electron chi connectivity index (χ3n) is 6.09. The molecule has 4 aromatic rings. The summed E-state index contributed by atoms with van der Waals surface area (Å²) >= 11 is 0. The van der Waals surface area contributed by atoms with Crippen LogP contribution in [0.15, 0.2) is 66.7 Å². The van der Waals surface area contributed by atoms with Crippen molar-refractivity contribution in [3.8, 4) is 11.4 Å². The smallest absolute Gasteiger partial charge is 0.338 e. The molecule has 0 saturated heterocycles. The van der Waals surface area contributed by atoms with Crippen LogP contribution in [0.5, 0.6) is 0 Å². The summed E-state index contributed by atoms with van der Waals surface area (Å²) in [6.45, 7) is 4.50. The molecule has 6 nitrogen and oxygen atoms in total. The highest BCUT2D eigenvalue weighted by molar-refractivity contribution is 6.01. The van der Waals surface area contributed by atoms with Crippen molar-refractivity contribution in [2.75, 3.05) is 11.4 Å². The molecule has 5 rings (SSSR count). The maximum absolute atomic E-state index is 13.1. The number of amides is 1. The fourth-order valence-corrected chi connectivity index (χ4v) is 4.23. The van der Waals surface area contributed by atoms with Crippen LogP contribution >= 0.6 is 0 Å². The van der Waals surface area contributed by atoms with Crippen LogP contribution in [0.3, 0.4) is 0 Å². The van der Waals surface area contributed by atoms with Crippen molar-refractivity contribution in [1.29, 1.82) is 0 Å². The lowest BCUT2D eigenvalue weighted by atomic mass is 10.1. The molecule has 3 aromatic carbocycles. The van der Waals surface area contributed by atoms with Crippen LogP contribution in [0.1, 0.15) is 34.8 Å². The number of para-hydroxylation sites is 1. The van der Waals surface area contributed by atoms with E-state index in [1.54, 1.807) is 23.1 Å². The molecule has 33 heavy (non-hydrogen) atoms. The number of aromatic amines is 1. The molecule has 0 bridgehead atoms. The van der Waals surface area contributed by atoms with E-state index < -0.39 is 12.1 Å². The molecule has 0 aliphatic carbocycles. The number of carbonyl (C=O) groups excluding carboxylic acids is 2. The summed E-state index contributed by atoms with van der Waals surface area (Å²) in [6, 6.07) is 21.1. The molecular formula is C27H25N3O3. The number of nitrogens with zero attached hydrogens (tertiary/aromatic N) is 2. The van der Waals surface area contributed by atoms with Crippen LogP contribution in [-0.4, -0.2) is 34.5 Å². The Morgan fingerprint density at radius 1 is 1.09 bits per heavy atom. The van der Waals surface area contributed by atoms with Gasteiger partial charge in [-0.1, -0.05) is 55.0 Å². The molecule has 1 aromatic heterocycles. The van der Waals surface area contributed by atoms with Gasteiger partial charge in [-0.05, 0) is 49.6 Å². The summed E-state index contributed by atoms with van der Waals surface area (Å²) in [5.41, 5.74) is 6.09. The highest BCUT2D eigenvalue weighted by atomic mass is 16.5. The Labute approximate surface area is 192 Å². The molecule has 166 valence electrons. The quantitative estimate of drug-likeness (QED) is 0.441. The number of imidazole rings is 1. The third-order valence-corrected chi connectivity index (χ3v) is 6.09. The Hall–Kier alpha value is -3.93. The number of carbonyl (C=O) groups is 2. The maximum atomic E-state index is 13.1. The molecule has 1 unspecified atom stereocenters. The molecule has 1 aliphatic rings. The minimum Gasteiger partial charge on any atom is -0.449 e. The minimum atomic E-state index is -0.829. The number of fused-ring (bicyclic) bond motifs is 2. The molecule has 2 heterocycles. The summed E-state index contributed by atoms with van der Waals surface area (Å²) in [6.07, 6.45) is 0.392. The maximum Gasteiger partial charge on any atom is 0.338 e. The Bertz CT molecular complexity index is 1340. The van der Waals surface area contributed by atoms with Gasteiger partial charge in [0.1, 0.15) is 5.82 Å². The van der Waals surface area contributed by atoms with Crippen LogP contribution in [0.25, 0.3) is 22.4 Å². The monoisotopic (exact) mass is 439 g/mol. The van der Waals surface area contributed by atoms with Crippen LogP contribution < -0.4 is 4.90 Å². The first-order valence-corrected chi connectivity index (χ1v) is 11.2. The van der Waals surface area contributed by atoms with Gasteiger partial charge >= 0.3 is 5.97 Å². The van der Waals surface area contributed by atoms with Crippen LogP contribution in [0.4, 0.5) is 5.69 Å². The molecule has 0 spiro atoms. The van der Waals surface area contributed by atoms with Crippen LogP contribution in [0, 0.1) is 6.92 Å². The van der Waals surface area contributed by atoms with Gasteiger partial charge in [-0.3, -0.25) is 4.79 Å². The van der Waals surface area contributed by atoms with Crippen LogP contribution in [-0.2, 0) is 16.0 Å². The number of aromatic nitrogens is 2. The average Bonchev–Trinajstić information content (AvgIpc) is 3.46. The van der Waals surface area contributed by atoms with Crippen molar-refractivity contribution >= 4 is 28.6 Å². The molecule has 1 aliphatic heterocycles. The lowest BCUT2D eigenvalue weighted by Gasteiger charge is -2.23. The number of esters is 1. The number of anilines is 1. The molecule has 0 fully saturated rings. The SMILES string of the molecule is CCC(OC(=O)c1ccc2nc(-c3ccc(C)cc3)[nH]c2c1)C(=O)N1CCc2ccccc21. The number of ether oxygens (including phenoxy) is 1. The molecule has 1 amide bonds. The van der Waals surface area contributed by atoms with E-state index in [0.717, 1.165) is 40.1 Å². The van der Waals surface area contributed by atoms with E-state index in [0.29, 0.717) is 18.5 Å². The number of hydrogen-bond acceptors (Lipinski definition) is 4. The summed E-state index contributed by atoms with van der Waals surface area (Å²) < 4.78 is 5.66. The van der Waals surface area contributed by atoms with Gasteiger partial charge in [-0.15, -0.1) is 0 Å². The van der Waals surface area contributed by atoms with E-state index in [1.165, 1.54) is 5.56 Å². The zero-order valence-electron chi connectivity index (χ0n) is 18.7.